The fourth-order valence-corrected chi connectivity index (χ4v) is 4.06. The maximum Gasteiger partial charge on any atom is 0.235 e. The van der Waals surface area contributed by atoms with E-state index in [4.69, 9.17) is 9.15 Å². The lowest BCUT2D eigenvalue weighted by atomic mass is 10.0. The number of hydrogen-bond acceptors (Lipinski definition) is 5. The third kappa shape index (κ3) is 3.66. The van der Waals surface area contributed by atoms with Crippen molar-refractivity contribution in [1.82, 2.24) is 4.90 Å². The van der Waals surface area contributed by atoms with Gasteiger partial charge >= 0.3 is 0 Å². The van der Waals surface area contributed by atoms with E-state index in [1.165, 1.54) is 12.7 Å². The number of likely N-dealkylation sites (tertiary alicyclic amines) is 1. The van der Waals surface area contributed by atoms with Gasteiger partial charge in [0.25, 0.3) is 0 Å². The molecule has 0 unspecified atom stereocenters. The summed E-state index contributed by atoms with van der Waals surface area (Å²) in [5.74, 6) is 0.797. The Hall–Kier alpha value is -2.31. The average molecular weight is 444 g/mol. The van der Waals surface area contributed by atoms with E-state index in [2.05, 4.69) is 27.8 Å². The number of phenolic OH excluding ortho intramolecular Hbond substituents is 1. The van der Waals surface area contributed by atoms with E-state index in [-0.39, 0.29) is 16.9 Å². The highest BCUT2D eigenvalue weighted by molar-refractivity contribution is 9.10. The van der Waals surface area contributed by atoms with Crippen LogP contribution in [0.1, 0.15) is 31.7 Å². The number of fused-ring (bicyclic) bond motifs is 1. The van der Waals surface area contributed by atoms with Crippen LogP contribution in [0, 0.1) is 0 Å². The van der Waals surface area contributed by atoms with E-state index in [0.717, 1.165) is 23.9 Å². The van der Waals surface area contributed by atoms with E-state index < -0.39 is 0 Å². The zero-order valence-electron chi connectivity index (χ0n) is 15.7. The lowest BCUT2D eigenvalue weighted by Gasteiger charge is -2.33. The first-order valence-corrected chi connectivity index (χ1v) is 10.3. The number of ether oxygens (including phenoxy) is 1. The summed E-state index contributed by atoms with van der Waals surface area (Å²) >= 11 is 3.41. The first-order valence-electron chi connectivity index (χ1n) is 9.47. The second-order valence-electron chi connectivity index (χ2n) is 7.22. The average Bonchev–Trinajstić information content (AvgIpc) is 2.69. The van der Waals surface area contributed by atoms with Crippen LogP contribution in [-0.4, -0.2) is 22.6 Å². The minimum Gasteiger partial charge on any atom is -0.507 e. The topological polar surface area (TPSA) is 62.9 Å². The molecule has 4 rings (SSSR count). The number of rotatable bonds is 4. The minimum absolute atomic E-state index is 0.113. The van der Waals surface area contributed by atoms with Crippen molar-refractivity contribution >= 4 is 26.9 Å². The fraction of sp³-hybridized carbons (Fsp3) is 0.318. The van der Waals surface area contributed by atoms with E-state index in [1.807, 2.05) is 18.2 Å². The molecule has 6 heteroatoms. The van der Waals surface area contributed by atoms with Gasteiger partial charge < -0.3 is 14.3 Å². The molecular formula is C22H22BrNO4. The van der Waals surface area contributed by atoms with Gasteiger partial charge in [-0.25, -0.2) is 0 Å². The Kier molecular flexibility index (Phi) is 5.42. The molecular weight excluding hydrogens is 422 g/mol. The number of aromatic hydroxyl groups is 1. The molecule has 0 saturated carbocycles. The van der Waals surface area contributed by atoms with Crippen LogP contribution in [0.15, 0.2) is 56.3 Å². The summed E-state index contributed by atoms with van der Waals surface area (Å²) in [4.78, 5) is 15.3. The lowest BCUT2D eigenvalue weighted by molar-refractivity contribution is 0.151. The summed E-state index contributed by atoms with van der Waals surface area (Å²) in [5.41, 5.74) is 0.808. The van der Waals surface area contributed by atoms with Crippen molar-refractivity contribution in [2.24, 2.45) is 0 Å². The number of phenols is 1. The second-order valence-corrected chi connectivity index (χ2v) is 8.07. The minimum atomic E-state index is -0.259. The maximum atomic E-state index is 13.0. The first-order chi connectivity index (χ1) is 13.5. The van der Waals surface area contributed by atoms with Gasteiger partial charge in [0, 0.05) is 12.6 Å². The number of benzene rings is 2. The molecule has 0 amide bonds. The predicted molar refractivity (Wildman–Crippen MR) is 112 cm³/mol. The summed E-state index contributed by atoms with van der Waals surface area (Å²) in [6.45, 7) is 3.73. The molecule has 0 aliphatic carbocycles. The monoisotopic (exact) mass is 443 g/mol. The molecule has 1 atom stereocenters. The summed E-state index contributed by atoms with van der Waals surface area (Å²) < 4.78 is 12.3. The molecule has 1 aromatic heterocycles. The molecule has 1 N–H and O–H groups in total. The molecule has 5 nitrogen and oxygen atoms in total. The normalized spacial score (nSPS) is 17.7. The fourth-order valence-electron chi connectivity index (χ4n) is 3.69. The Morgan fingerprint density at radius 1 is 1.21 bits per heavy atom. The van der Waals surface area contributed by atoms with Crippen LogP contribution in [0.2, 0.25) is 0 Å². The van der Waals surface area contributed by atoms with Gasteiger partial charge in [0.05, 0.1) is 15.4 Å². The molecule has 2 aromatic carbocycles. The molecule has 1 aliphatic rings. The summed E-state index contributed by atoms with van der Waals surface area (Å²) in [6.07, 6.45) is 4.83. The maximum absolute atomic E-state index is 13.0. The second kappa shape index (κ2) is 7.97. The zero-order valence-corrected chi connectivity index (χ0v) is 17.2. The highest BCUT2D eigenvalue weighted by Gasteiger charge is 2.22. The highest BCUT2D eigenvalue weighted by atomic mass is 79.9. The molecule has 2 heterocycles. The Morgan fingerprint density at radius 2 is 2.04 bits per heavy atom. The van der Waals surface area contributed by atoms with E-state index in [9.17, 15) is 9.90 Å². The first kappa shape index (κ1) is 19.0. The molecule has 0 radical (unpaired) electrons. The molecule has 0 bridgehead atoms. The molecule has 1 fully saturated rings. The van der Waals surface area contributed by atoms with Crippen LogP contribution in [0.4, 0.5) is 0 Å². The van der Waals surface area contributed by atoms with Gasteiger partial charge in [0.15, 0.2) is 0 Å². The molecule has 28 heavy (non-hydrogen) atoms. The van der Waals surface area contributed by atoms with Crippen molar-refractivity contribution in [3.63, 3.8) is 0 Å². The van der Waals surface area contributed by atoms with Crippen LogP contribution in [0.5, 0.6) is 17.2 Å². The lowest BCUT2D eigenvalue weighted by Crippen LogP contribution is -2.36. The van der Waals surface area contributed by atoms with Gasteiger partial charge in [-0.2, -0.15) is 0 Å². The molecule has 1 aliphatic heterocycles. The Balaban J connectivity index is 1.72. The van der Waals surface area contributed by atoms with Crippen molar-refractivity contribution in [3.05, 3.63) is 62.9 Å². The van der Waals surface area contributed by atoms with E-state index >= 15 is 0 Å². The van der Waals surface area contributed by atoms with Gasteiger partial charge in [0.1, 0.15) is 23.3 Å². The van der Waals surface area contributed by atoms with Gasteiger partial charge in [-0.1, -0.05) is 18.6 Å². The molecule has 0 spiro atoms. The summed E-state index contributed by atoms with van der Waals surface area (Å²) in [7, 11) is 0. The van der Waals surface area contributed by atoms with E-state index in [0.29, 0.717) is 34.9 Å². The van der Waals surface area contributed by atoms with Crippen molar-refractivity contribution in [1.29, 1.82) is 0 Å². The third-order valence-corrected chi connectivity index (χ3v) is 6.00. The Bertz CT molecular complexity index is 1060. The summed E-state index contributed by atoms with van der Waals surface area (Å²) in [6, 6.07) is 10.9. The number of hydrogen-bond donors (Lipinski definition) is 1. The van der Waals surface area contributed by atoms with Gasteiger partial charge in [0.2, 0.25) is 11.2 Å². The highest BCUT2D eigenvalue weighted by Crippen LogP contribution is 2.32. The number of para-hydroxylation sites is 1. The van der Waals surface area contributed by atoms with Crippen molar-refractivity contribution in [2.75, 3.05) is 6.54 Å². The predicted octanol–water partition coefficient (Wildman–Crippen LogP) is 5.43. The number of nitrogens with zero attached hydrogens (tertiary/aromatic N) is 1. The van der Waals surface area contributed by atoms with Crippen LogP contribution in [-0.2, 0) is 6.54 Å². The van der Waals surface area contributed by atoms with Gasteiger partial charge in [-0.3, -0.25) is 9.69 Å². The zero-order chi connectivity index (χ0) is 19.7. The number of piperidine rings is 1. The van der Waals surface area contributed by atoms with Crippen molar-refractivity contribution < 1.29 is 14.3 Å². The molecule has 1 saturated heterocycles. The Morgan fingerprint density at radius 3 is 2.82 bits per heavy atom. The van der Waals surface area contributed by atoms with Crippen molar-refractivity contribution in [2.45, 2.75) is 38.8 Å². The largest absolute Gasteiger partial charge is 0.507 e. The quantitative estimate of drug-likeness (QED) is 0.582. The van der Waals surface area contributed by atoms with E-state index in [1.54, 1.807) is 18.2 Å². The van der Waals surface area contributed by atoms with Crippen molar-refractivity contribution in [3.8, 4) is 17.2 Å². The van der Waals surface area contributed by atoms with Gasteiger partial charge in [-0.05, 0) is 66.5 Å². The third-order valence-electron chi connectivity index (χ3n) is 5.35. The smallest absolute Gasteiger partial charge is 0.235 e. The van der Waals surface area contributed by atoms with Crippen LogP contribution >= 0.6 is 15.9 Å². The Labute approximate surface area is 171 Å². The van der Waals surface area contributed by atoms with Crippen LogP contribution in [0.3, 0.4) is 0 Å². The van der Waals surface area contributed by atoms with Crippen LogP contribution < -0.4 is 10.2 Å². The molecule has 146 valence electrons. The molecule has 3 aromatic rings. The van der Waals surface area contributed by atoms with Crippen LogP contribution in [0.25, 0.3) is 11.0 Å². The summed E-state index contributed by atoms with van der Waals surface area (Å²) in [5, 5.41) is 10.8. The number of halogens is 1. The SMILES string of the molecule is C[C@H]1CCCCN1Cc1c(O)ccc2c(=O)c(Oc3ccccc3Br)coc12. The standard InChI is InChI=1S/C22H22BrNO4/c1-14-6-4-5-11-24(14)12-16-18(25)10-9-15-21(26)20(13-27-22(15)16)28-19-8-3-2-7-17(19)23/h2-3,7-10,13-14,25H,4-6,11-12H2,1H3/t14-/m0/s1. The van der Waals surface area contributed by atoms with Gasteiger partial charge in [-0.15, -0.1) is 0 Å².